The first kappa shape index (κ1) is 19.4. The second kappa shape index (κ2) is 8.43. The lowest BCUT2D eigenvalue weighted by atomic mass is 9.94. The average molecular weight is 352 g/mol. The number of hydroxylamine groups is 1. The van der Waals surface area contributed by atoms with Gasteiger partial charge in [0.05, 0.1) is 0 Å². The summed E-state index contributed by atoms with van der Waals surface area (Å²) in [6, 6.07) is 15.3. The topological polar surface area (TPSA) is 75.7 Å². The fraction of sp³-hybridized carbons (Fsp3) is 0.286. The third-order valence-electron chi connectivity index (χ3n) is 4.31. The number of benzene rings is 2. The normalized spacial score (nSPS) is 14.1. The van der Waals surface area contributed by atoms with Crippen molar-refractivity contribution < 1.29 is 14.7 Å². The van der Waals surface area contributed by atoms with Gasteiger partial charge in [-0.05, 0) is 6.92 Å². The van der Waals surface area contributed by atoms with Crippen LogP contribution in [0.5, 0.6) is 0 Å². The lowest BCUT2D eigenvalue weighted by Crippen LogP contribution is -2.40. The Balaban J connectivity index is 2.46. The molecule has 0 spiro atoms. The molecule has 26 heavy (non-hydrogen) atoms. The van der Waals surface area contributed by atoms with Gasteiger partial charge in [0, 0.05) is 24.0 Å². The highest BCUT2D eigenvalue weighted by molar-refractivity contribution is 6.43. The minimum atomic E-state index is -0.781. The highest BCUT2D eigenvalue weighted by Crippen LogP contribution is 2.16. The van der Waals surface area contributed by atoms with Gasteiger partial charge < -0.3 is 10.4 Å². The molecule has 136 valence electrons. The highest BCUT2D eigenvalue weighted by atomic mass is 16.5. The van der Waals surface area contributed by atoms with Crippen molar-refractivity contribution in [3.63, 3.8) is 0 Å². The minimum absolute atomic E-state index is 0.0598. The largest absolute Gasteiger partial charge is 0.623 e. The molecule has 0 saturated carbocycles. The second-order valence-corrected chi connectivity index (χ2v) is 6.65. The van der Waals surface area contributed by atoms with E-state index < -0.39 is 6.04 Å². The summed E-state index contributed by atoms with van der Waals surface area (Å²) in [4.78, 5) is 12.7. The Hall–Kier alpha value is -2.95. The van der Waals surface area contributed by atoms with Gasteiger partial charge in [0.2, 0.25) is 11.8 Å². The van der Waals surface area contributed by atoms with Crippen molar-refractivity contribution in [3.8, 4) is 0 Å². The molecule has 0 amide bonds. The van der Waals surface area contributed by atoms with E-state index in [1.807, 2.05) is 39.0 Å². The van der Waals surface area contributed by atoms with Crippen LogP contribution in [-0.2, 0) is 0 Å². The van der Waals surface area contributed by atoms with E-state index in [1.165, 1.54) is 6.92 Å². The molecule has 5 nitrogen and oxygen atoms in total. The standard InChI is InChI=1S/C21H24N2O3/c1-14(2)20(19(22-25)17-8-6-5-7-9-17)23(26)16(4)21(24)18-12-10-15(3)11-13-18/h5-14,20,25H,1-4H3/b22-19-,23-16-/t20-/m0/s1. The van der Waals surface area contributed by atoms with E-state index in [-0.39, 0.29) is 23.1 Å². The maximum absolute atomic E-state index is 13.0. The number of hydrogen-bond donors (Lipinski definition) is 1. The van der Waals surface area contributed by atoms with E-state index in [0.717, 1.165) is 5.56 Å². The number of oxime groups is 1. The third kappa shape index (κ3) is 4.17. The molecular formula is C21H24N2O3. The Morgan fingerprint density at radius 1 is 1.04 bits per heavy atom. The zero-order chi connectivity index (χ0) is 19.3. The van der Waals surface area contributed by atoms with Crippen LogP contribution in [0.25, 0.3) is 0 Å². The molecule has 0 saturated heterocycles. The van der Waals surface area contributed by atoms with E-state index in [9.17, 15) is 15.2 Å². The number of carbonyl (C=O) groups excluding carboxylic acids is 1. The summed E-state index contributed by atoms with van der Waals surface area (Å²) in [5, 5.41) is 25.9. The van der Waals surface area contributed by atoms with Gasteiger partial charge in [0.15, 0.2) is 5.71 Å². The first-order valence-corrected chi connectivity index (χ1v) is 8.55. The fourth-order valence-corrected chi connectivity index (χ4v) is 2.82. The zero-order valence-electron chi connectivity index (χ0n) is 15.5. The monoisotopic (exact) mass is 352 g/mol. The van der Waals surface area contributed by atoms with Crippen LogP contribution >= 0.6 is 0 Å². The molecule has 0 aromatic heterocycles. The Kier molecular flexibility index (Phi) is 6.28. The molecule has 2 rings (SSSR count). The van der Waals surface area contributed by atoms with Gasteiger partial charge in [-0.15, -0.1) is 0 Å². The predicted octanol–water partition coefficient (Wildman–Crippen LogP) is 4.05. The smallest absolute Gasteiger partial charge is 0.252 e. The van der Waals surface area contributed by atoms with Gasteiger partial charge in [-0.1, -0.05) is 79.2 Å². The number of ketones is 1. The summed E-state index contributed by atoms with van der Waals surface area (Å²) < 4.78 is 0.662. The average Bonchev–Trinajstić information content (AvgIpc) is 2.65. The van der Waals surface area contributed by atoms with E-state index in [0.29, 0.717) is 15.9 Å². The molecule has 0 bridgehead atoms. The van der Waals surface area contributed by atoms with Crippen LogP contribution in [0.1, 0.15) is 42.3 Å². The Labute approximate surface area is 153 Å². The van der Waals surface area contributed by atoms with Crippen LogP contribution in [0.3, 0.4) is 0 Å². The Morgan fingerprint density at radius 2 is 1.62 bits per heavy atom. The van der Waals surface area contributed by atoms with E-state index >= 15 is 0 Å². The Bertz CT molecular complexity index is 822. The quantitative estimate of drug-likeness (QED) is 0.213. The van der Waals surface area contributed by atoms with Crippen LogP contribution < -0.4 is 0 Å². The molecule has 0 aliphatic carbocycles. The summed E-state index contributed by atoms with van der Waals surface area (Å²) >= 11 is 0. The maximum Gasteiger partial charge on any atom is 0.252 e. The summed E-state index contributed by atoms with van der Waals surface area (Å²) in [7, 11) is 0. The number of carbonyl (C=O) groups is 1. The van der Waals surface area contributed by atoms with Crippen molar-refractivity contribution in [1.29, 1.82) is 0 Å². The first-order chi connectivity index (χ1) is 12.4. The molecule has 1 N–H and O–H groups in total. The summed E-state index contributed by atoms with van der Waals surface area (Å²) in [5.74, 6) is -0.504. The summed E-state index contributed by atoms with van der Waals surface area (Å²) in [6.45, 7) is 7.15. The molecule has 0 unspecified atom stereocenters. The van der Waals surface area contributed by atoms with Gasteiger partial charge in [-0.25, -0.2) is 0 Å². The molecule has 0 aliphatic rings. The molecule has 2 aromatic carbocycles. The fourth-order valence-electron chi connectivity index (χ4n) is 2.82. The van der Waals surface area contributed by atoms with E-state index in [4.69, 9.17) is 0 Å². The first-order valence-electron chi connectivity index (χ1n) is 8.55. The van der Waals surface area contributed by atoms with Crippen LogP contribution in [0.15, 0.2) is 59.8 Å². The Morgan fingerprint density at radius 3 is 2.12 bits per heavy atom. The van der Waals surface area contributed by atoms with Crippen LogP contribution in [0.2, 0.25) is 0 Å². The van der Waals surface area contributed by atoms with Crippen molar-refractivity contribution in [2.24, 2.45) is 11.1 Å². The minimum Gasteiger partial charge on any atom is -0.623 e. The SMILES string of the molecule is C/C(C(=O)c1ccc(C)cc1)=[N+](/[O-])[C@H](/C(=N\O)c1ccccc1)C(C)C. The lowest BCUT2D eigenvalue weighted by Gasteiger charge is -2.22. The van der Waals surface area contributed by atoms with Gasteiger partial charge >= 0.3 is 0 Å². The summed E-state index contributed by atoms with van der Waals surface area (Å²) in [5.41, 5.74) is 2.44. The van der Waals surface area contributed by atoms with E-state index in [1.54, 1.807) is 36.4 Å². The van der Waals surface area contributed by atoms with Crippen molar-refractivity contribution in [2.75, 3.05) is 0 Å². The van der Waals surface area contributed by atoms with Crippen LogP contribution in [-0.4, -0.2) is 33.2 Å². The van der Waals surface area contributed by atoms with Gasteiger partial charge in [-0.2, -0.15) is 4.74 Å². The second-order valence-electron chi connectivity index (χ2n) is 6.65. The van der Waals surface area contributed by atoms with E-state index in [2.05, 4.69) is 5.16 Å². The molecule has 2 aromatic rings. The predicted molar refractivity (Wildman–Crippen MR) is 103 cm³/mol. The molecule has 1 atom stereocenters. The number of nitrogens with zero attached hydrogens (tertiary/aromatic N) is 2. The molecule has 0 fully saturated rings. The third-order valence-corrected chi connectivity index (χ3v) is 4.31. The van der Waals surface area contributed by atoms with Crippen molar-refractivity contribution in [3.05, 3.63) is 76.5 Å². The molecule has 0 heterocycles. The molecule has 0 aliphatic heterocycles. The number of aryl methyl sites for hydroxylation is 1. The van der Waals surface area contributed by atoms with Crippen LogP contribution in [0, 0.1) is 18.0 Å². The molecule has 5 heteroatoms. The highest BCUT2D eigenvalue weighted by Gasteiger charge is 2.32. The number of hydrogen-bond acceptors (Lipinski definition) is 4. The van der Waals surface area contributed by atoms with Gasteiger partial charge in [0.25, 0.3) is 5.78 Å². The zero-order valence-corrected chi connectivity index (χ0v) is 15.5. The van der Waals surface area contributed by atoms with Crippen molar-refractivity contribution in [2.45, 2.75) is 33.7 Å². The molecule has 0 radical (unpaired) electrons. The summed E-state index contributed by atoms with van der Waals surface area (Å²) in [6.07, 6.45) is 0. The van der Waals surface area contributed by atoms with Gasteiger partial charge in [-0.3, -0.25) is 4.79 Å². The lowest BCUT2D eigenvalue weighted by molar-refractivity contribution is -0.488. The molecular weight excluding hydrogens is 328 g/mol. The van der Waals surface area contributed by atoms with Crippen molar-refractivity contribution in [1.82, 2.24) is 0 Å². The maximum atomic E-state index is 13.0. The van der Waals surface area contributed by atoms with Crippen LogP contribution in [0.4, 0.5) is 0 Å². The number of rotatable bonds is 6. The number of Topliss-reactive ketones (excluding diaryl/α,β-unsaturated/α-hetero) is 1. The van der Waals surface area contributed by atoms with Gasteiger partial charge in [0.1, 0.15) is 0 Å². The van der Waals surface area contributed by atoms with Crippen molar-refractivity contribution >= 4 is 17.2 Å².